The molecule has 134 valence electrons. The predicted molar refractivity (Wildman–Crippen MR) is 103 cm³/mol. The Labute approximate surface area is 159 Å². The Morgan fingerprint density at radius 2 is 1.96 bits per heavy atom. The van der Waals surface area contributed by atoms with Gasteiger partial charge >= 0.3 is 0 Å². The first-order valence-electron chi connectivity index (χ1n) is 8.37. The van der Waals surface area contributed by atoms with E-state index in [0.29, 0.717) is 18.7 Å². The molecule has 0 fully saturated rings. The molecule has 27 heavy (non-hydrogen) atoms. The zero-order chi connectivity index (χ0) is 18.5. The Balaban J connectivity index is 1.55. The molecule has 0 aliphatic rings. The fraction of sp³-hybridized carbons (Fsp3) is 0.105. The summed E-state index contributed by atoms with van der Waals surface area (Å²) >= 11 is 1.64. The Hall–Kier alpha value is -3.39. The van der Waals surface area contributed by atoms with Crippen molar-refractivity contribution in [2.75, 3.05) is 6.54 Å². The maximum Gasteiger partial charge on any atom is 0.251 e. The van der Waals surface area contributed by atoms with E-state index in [2.05, 4.69) is 25.4 Å². The highest BCUT2D eigenvalue weighted by Crippen LogP contribution is 2.33. The lowest BCUT2D eigenvalue weighted by atomic mass is 10.1. The van der Waals surface area contributed by atoms with Crippen molar-refractivity contribution in [1.82, 2.24) is 30.0 Å². The SMILES string of the molecule is O=C(NCCn1ncc(-c2cnccn2)c1-c1cccs1)c1ccncc1. The van der Waals surface area contributed by atoms with Crippen LogP contribution >= 0.6 is 11.3 Å². The standard InChI is InChI=1S/C19H16N6OS/c26-19(14-3-5-20-6-4-14)23-9-10-25-18(17-2-1-11-27-17)15(12-24-25)16-13-21-7-8-22-16/h1-8,11-13H,9-10H2,(H,23,26). The van der Waals surface area contributed by atoms with Crippen molar-refractivity contribution in [2.24, 2.45) is 0 Å². The Kier molecular flexibility index (Phi) is 4.97. The molecule has 0 unspecified atom stereocenters. The second kappa shape index (κ2) is 7.88. The minimum absolute atomic E-state index is 0.128. The summed E-state index contributed by atoms with van der Waals surface area (Å²) in [4.78, 5) is 25.8. The second-order valence-corrected chi connectivity index (χ2v) is 6.64. The number of hydrogen-bond donors (Lipinski definition) is 1. The smallest absolute Gasteiger partial charge is 0.251 e. The van der Waals surface area contributed by atoms with E-state index in [1.807, 2.05) is 22.2 Å². The fourth-order valence-corrected chi connectivity index (χ4v) is 3.52. The van der Waals surface area contributed by atoms with Gasteiger partial charge in [0.15, 0.2) is 0 Å². The lowest BCUT2D eigenvalue weighted by Crippen LogP contribution is -2.27. The number of nitrogens with one attached hydrogen (secondary N) is 1. The van der Waals surface area contributed by atoms with Crippen molar-refractivity contribution >= 4 is 17.2 Å². The third-order valence-corrected chi connectivity index (χ3v) is 4.86. The van der Waals surface area contributed by atoms with Crippen molar-refractivity contribution in [3.63, 3.8) is 0 Å². The molecular weight excluding hydrogens is 360 g/mol. The van der Waals surface area contributed by atoms with Crippen LogP contribution in [0.25, 0.3) is 21.8 Å². The molecular formula is C19H16N6OS. The van der Waals surface area contributed by atoms with E-state index >= 15 is 0 Å². The van der Waals surface area contributed by atoms with Crippen LogP contribution in [-0.2, 0) is 6.54 Å². The average Bonchev–Trinajstić information content (AvgIpc) is 3.39. The van der Waals surface area contributed by atoms with Crippen LogP contribution in [0.1, 0.15) is 10.4 Å². The fourth-order valence-electron chi connectivity index (χ4n) is 2.73. The molecule has 7 nitrogen and oxygen atoms in total. The molecule has 0 saturated heterocycles. The maximum absolute atomic E-state index is 12.2. The molecule has 0 spiro atoms. The van der Waals surface area contributed by atoms with Gasteiger partial charge in [-0.15, -0.1) is 11.3 Å². The van der Waals surface area contributed by atoms with E-state index in [1.54, 1.807) is 60.7 Å². The van der Waals surface area contributed by atoms with Gasteiger partial charge < -0.3 is 5.32 Å². The van der Waals surface area contributed by atoms with Crippen LogP contribution in [0.15, 0.2) is 66.8 Å². The Morgan fingerprint density at radius 1 is 1.07 bits per heavy atom. The van der Waals surface area contributed by atoms with Crippen LogP contribution in [0.5, 0.6) is 0 Å². The molecule has 4 rings (SSSR count). The number of rotatable bonds is 6. The molecule has 4 aromatic rings. The van der Waals surface area contributed by atoms with Crippen LogP contribution in [0.2, 0.25) is 0 Å². The van der Waals surface area contributed by atoms with Gasteiger partial charge in [0.05, 0.1) is 35.2 Å². The minimum atomic E-state index is -0.128. The number of nitrogens with zero attached hydrogens (tertiary/aromatic N) is 5. The molecule has 0 atom stereocenters. The van der Waals surface area contributed by atoms with Gasteiger partial charge in [0.25, 0.3) is 5.91 Å². The normalized spacial score (nSPS) is 10.7. The van der Waals surface area contributed by atoms with Gasteiger partial charge in [-0.25, -0.2) is 0 Å². The highest BCUT2D eigenvalue weighted by Gasteiger charge is 2.16. The van der Waals surface area contributed by atoms with Crippen molar-refractivity contribution in [3.05, 3.63) is 72.4 Å². The first kappa shape index (κ1) is 17.0. The van der Waals surface area contributed by atoms with Crippen LogP contribution in [0.3, 0.4) is 0 Å². The van der Waals surface area contributed by atoms with E-state index in [0.717, 1.165) is 21.8 Å². The monoisotopic (exact) mass is 376 g/mol. The molecule has 0 aliphatic carbocycles. The molecule has 0 radical (unpaired) electrons. The Morgan fingerprint density at radius 3 is 2.70 bits per heavy atom. The number of pyridine rings is 1. The molecule has 4 aromatic heterocycles. The van der Waals surface area contributed by atoms with E-state index < -0.39 is 0 Å². The lowest BCUT2D eigenvalue weighted by molar-refractivity contribution is 0.0952. The van der Waals surface area contributed by atoms with Crippen molar-refractivity contribution in [1.29, 1.82) is 0 Å². The van der Waals surface area contributed by atoms with Crippen molar-refractivity contribution in [3.8, 4) is 21.8 Å². The molecule has 0 saturated carbocycles. The number of amides is 1. The highest BCUT2D eigenvalue weighted by atomic mass is 32.1. The summed E-state index contributed by atoms with van der Waals surface area (Å²) in [6, 6.07) is 7.43. The molecule has 0 bridgehead atoms. The molecule has 4 heterocycles. The van der Waals surface area contributed by atoms with Crippen molar-refractivity contribution in [2.45, 2.75) is 6.54 Å². The first-order chi connectivity index (χ1) is 13.3. The summed E-state index contributed by atoms with van der Waals surface area (Å²) in [7, 11) is 0. The molecule has 0 aromatic carbocycles. The second-order valence-electron chi connectivity index (χ2n) is 5.69. The summed E-state index contributed by atoms with van der Waals surface area (Å²) in [6.07, 6.45) is 10.0. The topological polar surface area (TPSA) is 85.6 Å². The van der Waals surface area contributed by atoms with Gasteiger partial charge in [0.2, 0.25) is 0 Å². The lowest BCUT2D eigenvalue weighted by Gasteiger charge is -2.09. The summed E-state index contributed by atoms with van der Waals surface area (Å²) in [6.45, 7) is 1.01. The van der Waals surface area contributed by atoms with Crippen LogP contribution in [-0.4, -0.2) is 37.2 Å². The zero-order valence-electron chi connectivity index (χ0n) is 14.3. The van der Waals surface area contributed by atoms with E-state index in [-0.39, 0.29) is 5.91 Å². The quantitative estimate of drug-likeness (QED) is 0.559. The third-order valence-electron chi connectivity index (χ3n) is 3.98. The summed E-state index contributed by atoms with van der Waals surface area (Å²) in [5, 5.41) is 9.46. The molecule has 0 aliphatic heterocycles. The number of aromatic nitrogens is 5. The van der Waals surface area contributed by atoms with Gasteiger partial charge in [-0.1, -0.05) is 6.07 Å². The summed E-state index contributed by atoms with van der Waals surface area (Å²) in [5.74, 6) is -0.128. The third kappa shape index (κ3) is 3.75. The zero-order valence-corrected chi connectivity index (χ0v) is 15.1. The average molecular weight is 376 g/mol. The maximum atomic E-state index is 12.2. The summed E-state index contributed by atoms with van der Waals surface area (Å²) < 4.78 is 1.89. The van der Waals surface area contributed by atoms with E-state index in [9.17, 15) is 4.79 Å². The van der Waals surface area contributed by atoms with Gasteiger partial charge in [-0.05, 0) is 23.6 Å². The van der Waals surface area contributed by atoms with Gasteiger partial charge in [0.1, 0.15) is 0 Å². The van der Waals surface area contributed by atoms with E-state index in [1.165, 1.54) is 0 Å². The molecule has 1 N–H and O–H groups in total. The van der Waals surface area contributed by atoms with Gasteiger partial charge in [-0.3, -0.25) is 24.4 Å². The van der Waals surface area contributed by atoms with Gasteiger partial charge in [0, 0.05) is 42.5 Å². The van der Waals surface area contributed by atoms with Crippen LogP contribution in [0.4, 0.5) is 0 Å². The number of carbonyl (C=O) groups excluding carboxylic acids is 1. The molecule has 1 amide bonds. The van der Waals surface area contributed by atoms with Crippen LogP contribution < -0.4 is 5.32 Å². The minimum Gasteiger partial charge on any atom is -0.350 e. The highest BCUT2D eigenvalue weighted by molar-refractivity contribution is 7.13. The van der Waals surface area contributed by atoms with Gasteiger partial charge in [-0.2, -0.15) is 5.10 Å². The number of hydrogen-bond acceptors (Lipinski definition) is 6. The molecule has 8 heteroatoms. The first-order valence-corrected chi connectivity index (χ1v) is 9.25. The number of carbonyl (C=O) groups is 1. The number of thiophene rings is 1. The summed E-state index contributed by atoms with van der Waals surface area (Å²) in [5.41, 5.74) is 3.26. The largest absolute Gasteiger partial charge is 0.350 e. The van der Waals surface area contributed by atoms with Crippen LogP contribution in [0, 0.1) is 0 Å². The van der Waals surface area contributed by atoms with E-state index in [4.69, 9.17) is 0 Å². The predicted octanol–water partition coefficient (Wildman–Crippen LogP) is 2.89. The van der Waals surface area contributed by atoms with Crippen molar-refractivity contribution < 1.29 is 4.79 Å². The Bertz CT molecular complexity index is 1020.